The maximum absolute atomic E-state index is 5.83. The lowest BCUT2D eigenvalue weighted by Crippen LogP contribution is -2.13. The minimum Gasteiger partial charge on any atom is -0.473 e. The maximum Gasteiger partial charge on any atom is 0.239 e. The van der Waals surface area contributed by atoms with Crippen molar-refractivity contribution in [1.29, 1.82) is 0 Å². The van der Waals surface area contributed by atoms with Crippen LogP contribution in [0.4, 0.5) is 11.5 Å². The highest BCUT2D eigenvalue weighted by Crippen LogP contribution is 2.21. The van der Waals surface area contributed by atoms with E-state index in [-0.39, 0.29) is 6.10 Å². The largest absolute Gasteiger partial charge is 0.473 e. The van der Waals surface area contributed by atoms with Crippen LogP contribution in [-0.2, 0) is 6.54 Å². The monoisotopic (exact) mass is 275 g/mol. The maximum atomic E-state index is 5.83. The van der Waals surface area contributed by atoms with E-state index in [0.717, 1.165) is 24.5 Å². The molecule has 0 aliphatic rings. The first-order valence-electron chi connectivity index (χ1n) is 6.70. The van der Waals surface area contributed by atoms with Gasteiger partial charge in [0.2, 0.25) is 5.88 Å². The Kier molecular flexibility index (Phi) is 4.45. The van der Waals surface area contributed by atoms with E-state index in [1.54, 1.807) is 6.07 Å². The molecule has 0 saturated heterocycles. The van der Waals surface area contributed by atoms with Crippen molar-refractivity contribution in [3.05, 3.63) is 30.1 Å². The number of anilines is 2. The van der Waals surface area contributed by atoms with Gasteiger partial charge in [-0.2, -0.15) is 10.1 Å². The summed E-state index contributed by atoms with van der Waals surface area (Å²) in [6.45, 7) is 7.43. The number of aryl methyl sites for hydroxylation is 1. The zero-order valence-electron chi connectivity index (χ0n) is 12.1. The Morgan fingerprint density at radius 1 is 1.40 bits per heavy atom. The van der Waals surface area contributed by atoms with Gasteiger partial charge in [0.05, 0.1) is 24.5 Å². The fourth-order valence-corrected chi connectivity index (χ4v) is 1.76. The van der Waals surface area contributed by atoms with E-state index < -0.39 is 0 Å². The first kappa shape index (κ1) is 14.2. The molecule has 6 nitrogen and oxygen atoms in total. The third kappa shape index (κ3) is 3.88. The van der Waals surface area contributed by atoms with Gasteiger partial charge in [0.1, 0.15) is 5.82 Å². The molecule has 0 aromatic carbocycles. The molecule has 2 rings (SSSR count). The number of hydrogen-bond acceptors (Lipinski definition) is 5. The van der Waals surface area contributed by atoms with E-state index in [0.29, 0.717) is 11.6 Å². The minimum atomic E-state index is 0.0482. The number of hydrogen-bond donors (Lipinski definition) is 2. The Morgan fingerprint density at radius 2 is 2.20 bits per heavy atom. The van der Waals surface area contributed by atoms with E-state index in [1.165, 1.54) is 0 Å². The molecule has 0 bridgehead atoms. The van der Waals surface area contributed by atoms with Gasteiger partial charge in [-0.3, -0.25) is 4.68 Å². The number of nitrogens with one attached hydrogen (secondary N) is 1. The second kappa shape index (κ2) is 6.27. The van der Waals surface area contributed by atoms with E-state index in [1.807, 2.05) is 43.9 Å². The Labute approximate surface area is 119 Å². The summed E-state index contributed by atoms with van der Waals surface area (Å²) in [7, 11) is 0. The van der Waals surface area contributed by atoms with Crippen LogP contribution in [0.3, 0.4) is 0 Å². The van der Waals surface area contributed by atoms with Gasteiger partial charge in [0.25, 0.3) is 0 Å². The van der Waals surface area contributed by atoms with Gasteiger partial charge in [-0.25, -0.2) is 0 Å². The molecule has 2 heterocycles. The molecule has 0 aliphatic heterocycles. The number of pyridine rings is 1. The van der Waals surface area contributed by atoms with Crippen molar-refractivity contribution in [3.63, 3.8) is 0 Å². The Morgan fingerprint density at radius 3 is 2.85 bits per heavy atom. The zero-order chi connectivity index (χ0) is 14.5. The quantitative estimate of drug-likeness (QED) is 0.843. The lowest BCUT2D eigenvalue weighted by molar-refractivity contribution is 0.234. The second-order valence-corrected chi connectivity index (χ2v) is 4.97. The van der Waals surface area contributed by atoms with Crippen LogP contribution in [0.25, 0.3) is 0 Å². The summed E-state index contributed by atoms with van der Waals surface area (Å²) in [6, 6.07) is 3.64. The first-order chi connectivity index (χ1) is 9.54. The van der Waals surface area contributed by atoms with Gasteiger partial charge < -0.3 is 15.8 Å². The average Bonchev–Trinajstić information content (AvgIpc) is 2.78. The molecule has 2 aromatic heterocycles. The smallest absolute Gasteiger partial charge is 0.239 e. The predicted molar refractivity (Wildman–Crippen MR) is 79.9 cm³/mol. The third-order valence-corrected chi connectivity index (χ3v) is 2.65. The van der Waals surface area contributed by atoms with E-state index >= 15 is 0 Å². The summed E-state index contributed by atoms with van der Waals surface area (Å²) in [5.74, 6) is 1.22. The Balaban J connectivity index is 1.92. The molecule has 0 amide bonds. The summed E-state index contributed by atoms with van der Waals surface area (Å²) in [6.07, 6.45) is 3.90. The lowest BCUT2D eigenvalue weighted by atomic mass is 10.4. The Bertz CT molecular complexity index is 564. The standard InChI is InChI=1S/C14H21N5O/c1-10(2)20-14-12(15)4-5-13(18-14)16-6-7-19-9-11(3)8-17-19/h4-5,8-10H,6-7,15H2,1-3H3,(H,16,18). The number of nitrogens with zero attached hydrogens (tertiary/aromatic N) is 3. The molecular formula is C14H21N5O. The van der Waals surface area contributed by atoms with Crippen molar-refractivity contribution in [3.8, 4) is 5.88 Å². The molecule has 0 unspecified atom stereocenters. The van der Waals surface area contributed by atoms with E-state index in [2.05, 4.69) is 15.4 Å². The predicted octanol–water partition coefficient (Wildman–Crippen LogP) is 2.07. The van der Waals surface area contributed by atoms with Crippen molar-refractivity contribution < 1.29 is 4.74 Å². The van der Waals surface area contributed by atoms with Crippen LogP contribution in [0.5, 0.6) is 5.88 Å². The normalized spacial score (nSPS) is 10.8. The van der Waals surface area contributed by atoms with Crippen LogP contribution in [0.2, 0.25) is 0 Å². The molecule has 0 radical (unpaired) electrons. The molecule has 6 heteroatoms. The minimum absolute atomic E-state index is 0.0482. The van der Waals surface area contributed by atoms with E-state index in [9.17, 15) is 0 Å². The summed E-state index contributed by atoms with van der Waals surface area (Å²) >= 11 is 0. The van der Waals surface area contributed by atoms with Gasteiger partial charge in [0, 0.05) is 12.7 Å². The molecular weight excluding hydrogens is 254 g/mol. The summed E-state index contributed by atoms with van der Waals surface area (Å²) < 4.78 is 7.45. The fraction of sp³-hybridized carbons (Fsp3) is 0.429. The van der Waals surface area contributed by atoms with Gasteiger partial charge in [0.15, 0.2) is 0 Å². The highest BCUT2D eigenvalue weighted by atomic mass is 16.5. The molecule has 0 fully saturated rings. The molecule has 3 N–H and O–H groups in total. The van der Waals surface area contributed by atoms with Crippen molar-refractivity contribution in [2.45, 2.75) is 33.4 Å². The van der Waals surface area contributed by atoms with Crippen LogP contribution >= 0.6 is 0 Å². The van der Waals surface area contributed by atoms with Gasteiger partial charge in [-0.05, 0) is 38.5 Å². The van der Waals surface area contributed by atoms with Gasteiger partial charge in [-0.15, -0.1) is 0 Å². The van der Waals surface area contributed by atoms with Crippen molar-refractivity contribution in [1.82, 2.24) is 14.8 Å². The highest BCUT2D eigenvalue weighted by molar-refractivity contribution is 5.53. The van der Waals surface area contributed by atoms with Crippen molar-refractivity contribution >= 4 is 11.5 Å². The van der Waals surface area contributed by atoms with E-state index in [4.69, 9.17) is 10.5 Å². The molecule has 2 aromatic rings. The number of rotatable bonds is 6. The highest BCUT2D eigenvalue weighted by Gasteiger charge is 2.06. The van der Waals surface area contributed by atoms with Crippen LogP contribution in [0.15, 0.2) is 24.5 Å². The van der Waals surface area contributed by atoms with Gasteiger partial charge in [-0.1, -0.05) is 0 Å². The topological polar surface area (TPSA) is 78.0 Å². The molecule has 20 heavy (non-hydrogen) atoms. The summed E-state index contributed by atoms with van der Waals surface area (Å²) in [4.78, 5) is 4.36. The first-order valence-corrected chi connectivity index (χ1v) is 6.70. The molecule has 108 valence electrons. The molecule has 0 aliphatic carbocycles. The summed E-state index contributed by atoms with van der Waals surface area (Å²) in [5, 5.41) is 7.47. The van der Waals surface area contributed by atoms with Crippen molar-refractivity contribution in [2.75, 3.05) is 17.6 Å². The molecule has 0 saturated carbocycles. The van der Waals surface area contributed by atoms with Crippen LogP contribution in [-0.4, -0.2) is 27.4 Å². The molecule has 0 spiro atoms. The number of ether oxygens (including phenoxy) is 1. The SMILES string of the molecule is Cc1cnn(CCNc2ccc(N)c(OC(C)C)n2)c1. The second-order valence-electron chi connectivity index (χ2n) is 4.97. The number of nitrogen functional groups attached to an aromatic ring is 1. The van der Waals surface area contributed by atoms with Crippen LogP contribution in [0.1, 0.15) is 19.4 Å². The third-order valence-electron chi connectivity index (χ3n) is 2.65. The average molecular weight is 275 g/mol. The number of nitrogens with two attached hydrogens (primary N) is 1. The van der Waals surface area contributed by atoms with Crippen LogP contribution in [0, 0.1) is 6.92 Å². The van der Waals surface area contributed by atoms with Crippen LogP contribution < -0.4 is 15.8 Å². The summed E-state index contributed by atoms with van der Waals surface area (Å²) in [5.41, 5.74) is 7.53. The molecule has 0 atom stereocenters. The van der Waals surface area contributed by atoms with Crippen molar-refractivity contribution in [2.24, 2.45) is 0 Å². The Hall–Kier alpha value is -2.24. The lowest BCUT2D eigenvalue weighted by Gasteiger charge is -2.13. The zero-order valence-corrected chi connectivity index (χ0v) is 12.1. The number of aromatic nitrogens is 3. The van der Waals surface area contributed by atoms with Gasteiger partial charge >= 0.3 is 0 Å². The fourth-order valence-electron chi connectivity index (χ4n) is 1.76.